The number of rotatable bonds is 4. The van der Waals surface area contributed by atoms with E-state index in [0.717, 1.165) is 6.92 Å². The Hall–Kier alpha value is -1.92. The summed E-state index contributed by atoms with van der Waals surface area (Å²) in [4.78, 5) is 45.0. The van der Waals surface area contributed by atoms with Gasteiger partial charge in [-0.3, -0.25) is 20.2 Å². The first kappa shape index (κ1) is 18.1. The smallest absolute Gasteiger partial charge is 0.329 e. The van der Waals surface area contributed by atoms with Crippen LogP contribution in [0.1, 0.15) is 48.0 Å². The van der Waals surface area contributed by atoms with Crippen molar-refractivity contribution in [1.82, 2.24) is 16.0 Å². The number of amides is 5. The van der Waals surface area contributed by atoms with E-state index in [0.29, 0.717) is 6.42 Å². The SMILES string of the molecule is CC(=O)NC(=O)NC(=O)NC(C)(C)CC(C)(C)C(C)=O. The maximum atomic E-state index is 11.6. The summed E-state index contributed by atoms with van der Waals surface area (Å²) in [5, 5.41) is 6.50. The van der Waals surface area contributed by atoms with Gasteiger partial charge in [-0.2, -0.15) is 0 Å². The fourth-order valence-corrected chi connectivity index (χ4v) is 1.91. The van der Waals surface area contributed by atoms with Crippen LogP contribution in [0.2, 0.25) is 0 Å². The number of urea groups is 2. The molecular formula is C13H23N3O4. The molecule has 0 spiro atoms. The van der Waals surface area contributed by atoms with Crippen molar-refractivity contribution in [2.75, 3.05) is 0 Å². The van der Waals surface area contributed by atoms with Crippen molar-refractivity contribution in [2.24, 2.45) is 5.41 Å². The summed E-state index contributed by atoms with van der Waals surface area (Å²) in [5.74, 6) is -0.547. The van der Waals surface area contributed by atoms with E-state index in [2.05, 4.69) is 5.32 Å². The van der Waals surface area contributed by atoms with Crippen molar-refractivity contribution in [3.8, 4) is 0 Å². The van der Waals surface area contributed by atoms with Crippen LogP contribution in [0.4, 0.5) is 9.59 Å². The molecule has 0 aromatic rings. The lowest BCUT2D eigenvalue weighted by molar-refractivity contribution is -0.126. The summed E-state index contributed by atoms with van der Waals surface area (Å²) >= 11 is 0. The summed E-state index contributed by atoms with van der Waals surface area (Å²) in [5.41, 5.74) is -1.27. The van der Waals surface area contributed by atoms with Crippen LogP contribution < -0.4 is 16.0 Å². The van der Waals surface area contributed by atoms with Crippen LogP contribution in [0, 0.1) is 5.41 Å². The number of carbonyl (C=O) groups is 4. The Bertz CT molecular complexity index is 427. The van der Waals surface area contributed by atoms with Crippen LogP contribution in [0.25, 0.3) is 0 Å². The minimum atomic E-state index is -0.892. The van der Waals surface area contributed by atoms with Crippen molar-refractivity contribution >= 4 is 23.8 Å². The highest BCUT2D eigenvalue weighted by molar-refractivity contribution is 6.01. The topological polar surface area (TPSA) is 104 Å². The molecule has 0 atom stereocenters. The molecule has 0 rings (SSSR count). The van der Waals surface area contributed by atoms with Crippen molar-refractivity contribution in [1.29, 1.82) is 0 Å². The molecule has 0 saturated heterocycles. The first-order valence-corrected chi connectivity index (χ1v) is 6.27. The Balaban J connectivity index is 4.54. The Morgan fingerprint density at radius 2 is 1.35 bits per heavy atom. The molecule has 114 valence electrons. The third-order valence-electron chi connectivity index (χ3n) is 2.81. The zero-order valence-electron chi connectivity index (χ0n) is 12.8. The lowest BCUT2D eigenvalue weighted by Gasteiger charge is -2.33. The molecule has 20 heavy (non-hydrogen) atoms. The van der Waals surface area contributed by atoms with Crippen molar-refractivity contribution < 1.29 is 19.2 Å². The van der Waals surface area contributed by atoms with Crippen LogP contribution in [0.3, 0.4) is 0 Å². The normalized spacial score (nSPS) is 11.5. The number of hydrogen-bond donors (Lipinski definition) is 3. The molecule has 0 aliphatic rings. The standard InChI is InChI=1S/C13H23N3O4/c1-8(17)12(3,4)7-13(5,6)16-11(20)15-10(19)14-9(2)18/h7H2,1-6H3,(H3,14,15,16,18,19,20). The second-order valence-corrected chi connectivity index (χ2v) is 6.09. The maximum absolute atomic E-state index is 11.6. The van der Waals surface area contributed by atoms with E-state index >= 15 is 0 Å². The minimum absolute atomic E-state index is 0.0158. The predicted molar refractivity (Wildman–Crippen MR) is 74.0 cm³/mol. The molecule has 0 fully saturated rings. The summed E-state index contributed by atoms with van der Waals surface area (Å²) in [6.45, 7) is 9.74. The van der Waals surface area contributed by atoms with Gasteiger partial charge in [-0.25, -0.2) is 9.59 Å². The lowest BCUT2D eigenvalue weighted by Crippen LogP contribution is -2.54. The minimum Gasteiger partial charge on any atom is -0.333 e. The summed E-state index contributed by atoms with van der Waals surface area (Å²) < 4.78 is 0. The Labute approximate surface area is 118 Å². The van der Waals surface area contributed by atoms with Gasteiger partial charge in [0.15, 0.2) is 0 Å². The van der Waals surface area contributed by atoms with Gasteiger partial charge in [0.05, 0.1) is 0 Å². The Morgan fingerprint density at radius 3 is 1.75 bits per heavy atom. The van der Waals surface area contributed by atoms with Crippen LogP contribution >= 0.6 is 0 Å². The number of imide groups is 2. The van der Waals surface area contributed by atoms with Gasteiger partial charge in [-0.15, -0.1) is 0 Å². The summed E-state index contributed by atoms with van der Waals surface area (Å²) in [6, 6.07) is -1.62. The Morgan fingerprint density at radius 1 is 0.850 bits per heavy atom. The molecule has 3 N–H and O–H groups in total. The molecule has 0 unspecified atom stereocenters. The molecule has 0 aromatic heterocycles. The third kappa shape index (κ3) is 6.86. The molecule has 7 nitrogen and oxygen atoms in total. The number of hydrogen-bond acceptors (Lipinski definition) is 4. The highest BCUT2D eigenvalue weighted by atomic mass is 16.2. The molecule has 7 heteroatoms. The molecule has 0 aromatic carbocycles. The number of carbonyl (C=O) groups excluding carboxylic acids is 4. The second kappa shape index (κ2) is 6.49. The van der Waals surface area contributed by atoms with Gasteiger partial charge in [0, 0.05) is 17.9 Å². The molecular weight excluding hydrogens is 262 g/mol. The van der Waals surface area contributed by atoms with E-state index in [1.807, 2.05) is 10.6 Å². The molecule has 0 heterocycles. The Kier molecular flexibility index (Phi) is 5.87. The molecule has 0 aliphatic heterocycles. The van der Waals surface area contributed by atoms with Gasteiger partial charge < -0.3 is 5.32 Å². The van der Waals surface area contributed by atoms with Crippen LogP contribution in [-0.4, -0.2) is 29.3 Å². The van der Waals surface area contributed by atoms with E-state index in [1.54, 1.807) is 27.7 Å². The van der Waals surface area contributed by atoms with Crippen LogP contribution in [0.15, 0.2) is 0 Å². The summed E-state index contributed by atoms with van der Waals surface area (Å²) in [7, 11) is 0. The molecule has 5 amide bonds. The van der Waals surface area contributed by atoms with Crippen molar-refractivity contribution in [3.05, 3.63) is 0 Å². The molecule has 0 saturated carbocycles. The first-order chi connectivity index (χ1) is 8.85. The quantitative estimate of drug-likeness (QED) is 0.724. The van der Waals surface area contributed by atoms with Crippen LogP contribution in [0.5, 0.6) is 0 Å². The maximum Gasteiger partial charge on any atom is 0.329 e. The number of nitrogens with one attached hydrogen (secondary N) is 3. The highest BCUT2D eigenvalue weighted by Crippen LogP contribution is 2.28. The third-order valence-corrected chi connectivity index (χ3v) is 2.81. The monoisotopic (exact) mass is 285 g/mol. The average molecular weight is 285 g/mol. The second-order valence-electron chi connectivity index (χ2n) is 6.09. The summed E-state index contributed by atoms with van der Waals surface area (Å²) in [6.07, 6.45) is 0.414. The van der Waals surface area contributed by atoms with E-state index in [-0.39, 0.29) is 5.78 Å². The first-order valence-electron chi connectivity index (χ1n) is 6.27. The van der Waals surface area contributed by atoms with Gasteiger partial charge in [0.2, 0.25) is 5.91 Å². The van der Waals surface area contributed by atoms with Crippen molar-refractivity contribution in [2.45, 2.75) is 53.5 Å². The lowest BCUT2D eigenvalue weighted by atomic mass is 9.77. The van der Waals surface area contributed by atoms with Gasteiger partial charge in [-0.05, 0) is 27.2 Å². The fourth-order valence-electron chi connectivity index (χ4n) is 1.91. The van der Waals surface area contributed by atoms with Gasteiger partial charge in [0.25, 0.3) is 0 Å². The zero-order valence-corrected chi connectivity index (χ0v) is 12.8. The largest absolute Gasteiger partial charge is 0.333 e. The van der Waals surface area contributed by atoms with E-state index < -0.39 is 28.9 Å². The number of Topliss-reactive ketones (excluding diaryl/α,β-unsaturated/α-hetero) is 1. The average Bonchev–Trinajstić information content (AvgIpc) is 2.11. The van der Waals surface area contributed by atoms with Gasteiger partial charge in [-0.1, -0.05) is 13.8 Å². The fraction of sp³-hybridized carbons (Fsp3) is 0.692. The predicted octanol–water partition coefficient (Wildman–Crippen LogP) is 1.33. The van der Waals surface area contributed by atoms with Gasteiger partial charge in [0.1, 0.15) is 5.78 Å². The molecule has 0 radical (unpaired) electrons. The highest BCUT2D eigenvalue weighted by Gasteiger charge is 2.33. The molecule has 0 aliphatic carbocycles. The molecule has 0 bridgehead atoms. The zero-order chi connectivity index (χ0) is 16.1. The van der Waals surface area contributed by atoms with Crippen molar-refractivity contribution in [3.63, 3.8) is 0 Å². The van der Waals surface area contributed by atoms with E-state index in [9.17, 15) is 19.2 Å². The van der Waals surface area contributed by atoms with Crippen LogP contribution in [-0.2, 0) is 9.59 Å². The van der Waals surface area contributed by atoms with E-state index in [4.69, 9.17) is 0 Å². The number of ketones is 1. The van der Waals surface area contributed by atoms with Gasteiger partial charge >= 0.3 is 12.1 Å². The van der Waals surface area contributed by atoms with E-state index in [1.165, 1.54) is 6.92 Å².